The van der Waals surface area contributed by atoms with Gasteiger partial charge in [-0.1, -0.05) is 49.0 Å². The summed E-state index contributed by atoms with van der Waals surface area (Å²) >= 11 is 0. The van der Waals surface area contributed by atoms with Gasteiger partial charge in [-0.3, -0.25) is 9.59 Å². The van der Waals surface area contributed by atoms with E-state index >= 15 is 0 Å². The van der Waals surface area contributed by atoms with E-state index < -0.39 is 5.97 Å². The summed E-state index contributed by atoms with van der Waals surface area (Å²) < 4.78 is 0. The molecule has 4 nitrogen and oxygen atoms in total. The molecule has 0 rings (SSSR count). The summed E-state index contributed by atoms with van der Waals surface area (Å²) in [5.41, 5.74) is 0. The van der Waals surface area contributed by atoms with Gasteiger partial charge < -0.3 is 10.0 Å². The van der Waals surface area contributed by atoms with Crippen LogP contribution in [0.4, 0.5) is 0 Å². The van der Waals surface area contributed by atoms with Crippen LogP contribution in [0.5, 0.6) is 0 Å². The maximum atomic E-state index is 10.9. The van der Waals surface area contributed by atoms with E-state index in [0.717, 1.165) is 13.1 Å². The predicted octanol–water partition coefficient (Wildman–Crippen LogP) is 4.43. The van der Waals surface area contributed by atoms with Crippen molar-refractivity contribution in [2.45, 2.75) is 75.7 Å². The number of carboxylic acids is 1. The number of amides is 1. The Morgan fingerprint density at radius 2 is 1.11 bits per heavy atom. The molecule has 0 bridgehead atoms. The molecule has 1 amide bonds. The van der Waals surface area contributed by atoms with Gasteiger partial charge in [-0.05, 0) is 13.8 Å². The van der Waals surface area contributed by atoms with Crippen molar-refractivity contribution in [3.05, 3.63) is 0 Å². The zero-order valence-corrected chi connectivity index (χ0v) is 12.2. The van der Waals surface area contributed by atoms with E-state index in [2.05, 4.69) is 13.8 Å². The average molecular weight is 279 g/mol. The molecule has 0 aromatic rings. The summed E-state index contributed by atoms with van der Waals surface area (Å²) in [7, 11) is 0. The van der Waals surface area contributed by atoms with Crippen LogP contribution < -0.4 is 0 Å². The van der Waals surface area contributed by atoms with Crippen molar-refractivity contribution in [2.75, 3.05) is 13.1 Å². The SMILES string of the molecule is C.C.CCC.CCC(=O)N(CC)CC.CCC(=O)O. The number of carboxylic acid groups (broad SMARTS) is 1. The van der Waals surface area contributed by atoms with Crippen LogP contribution >= 0.6 is 0 Å². The van der Waals surface area contributed by atoms with E-state index in [-0.39, 0.29) is 27.2 Å². The van der Waals surface area contributed by atoms with Gasteiger partial charge in [0.05, 0.1) is 0 Å². The van der Waals surface area contributed by atoms with Crippen molar-refractivity contribution in [3.63, 3.8) is 0 Å². The first-order valence-corrected chi connectivity index (χ1v) is 6.44. The minimum Gasteiger partial charge on any atom is -0.481 e. The molecule has 0 aliphatic carbocycles. The molecule has 0 radical (unpaired) electrons. The van der Waals surface area contributed by atoms with Crippen molar-refractivity contribution < 1.29 is 14.7 Å². The quantitative estimate of drug-likeness (QED) is 0.828. The van der Waals surface area contributed by atoms with Crippen molar-refractivity contribution in [1.82, 2.24) is 4.90 Å². The van der Waals surface area contributed by atoms with Crippen molar-refractivity contribution in [3.8, 4) is 0 Å². The van der Waals surface area contributed by atoms with Crippen LogP contribution in [0.2, 0.25) is 0 Å². The van der Waals surface area contributed by atoms with Crippen LogP contribution in [0.3, 0.4) is 0 Å². The lowest BCUT2D eigenvalue weighted by Crippen LogP contribution is -2.29. The molecular weight excluding hydrogens is 242 g/mol. The van der Waals surface area contributed by atoms with Gasteiger partial charge in [-0.25, -0.2) is 0 Å². The van der Waals surface area contributed by atoms with Gasteiger partial charge in [0, 0.05) is 25.9 Å². The standard InChI is InChI=1S/C7H15NO.C3H6O2.C3H8.2CH4/c1-4-7(9)8(5-2)6-3;1-2-3(4)5;1-3-2;;/h4-6H2,1-3H3;2H2,1H3,(H,4,5);3H2,1-2H3;2*1H4. The highest BCUT2D eigenvalue weighted by Gasteiger charge is 2.03. The number of carbonyl (C=O) groups excluding carboxylic acids is 1. The second-order valence-electron chi connectivity index (χ2n) is 3.37. The van der Waals surface area contributed by atoms with Crippen LogP contribution in [0.1, 0.15) is 75.7 Å². The summed E-state index contributed by atoms with van der Waals surface area (Å²) in [5.74, 6) is -0.495. The Kier molecular flexibility index (Phi) is 41.6. The Balaban J connectivity index is -0.0000000565. The fourth-order valence-corrected chi connectivity index (χ4v) is 0.800. The monoisotopic (exact) mass is 279 g/mol. The van der Waals surface area contributed by atoms with Crippen LogP contribution in [-0.2, 0) is 9.59 Å². The van der Waals surface area contributed by atoms with Crippen LogP contribution in [0, 0.1) is 0 Å². The maximum Gasteiger partial charge on any atom is 0.303 e. The smallest absolute Gasteiger partial charge is 0.303 e. The van der Waals surface area contributed by atoms with Crippen molar-refractivity contribution in [2.24, 2.45) is 0 Å². The topological polar surface area (TPSA) is 57.6 Å². The Morgan fingerprint density at radius 1 is 0.842 bits per heavy atom. The zero-order valence-electron chi connectivity index (χ0n) is 12.2. The van der Waals surface area contributed by atoms with Gasteiger partial charge in [0.2, 0.25) is 5.91 Å². The Bertz CT molecular complexity index is 178. The summed E-state index contributed by atoms with van der Waals surface area (Å²) in [5, 5.41) is 7.72. The molecular formula is C15H37NO3. The summed E-state index contributed by atoms with van der Waals surface area (Å²) in [6.07, 6.45) is 2.10. The summed E-state index contributed by atoms with van der Waals surface area (Å²) in [6.45, 7) is 13.4. The lowest BCUT2D eigenvalue weighted by atomic mass is 10.4. The third-order valence-corrected chi connectivity index (χ3v) is 1.72. The lowest BCUT2D eigenvalue weighted by Gasteiger charge is -2.16. The molecule has 4 heteroatoms. The van der Waals surface area contributed by atoms with Gasteiger partial charge in [0.1, 0.15) is 0 Å². The van der Waals surface area contributed by atoms with Crippen LogP contribution in [-0.4, -0.2) is 35.0 Å². The normalized spacial score (nSPS) is 7.26. The minimum absolute atomic E-state index is 0. The molecule has 0 heterocycles. The lowest BCUT2D eigenvalue weighted by molar-refractivity contribution is -0.136. The van der Waals surface area contributed by atoms with Gasteiger partial charge in [0.15, 0.2) is 0 Å². The Hall–Kier alpha value is -1.06. The van der Waals surface area contributed by atoms with E-state index in [1.54, 1.807) is 6.92 Å². The maximum absolute atomic E-state index is 10.9. The summed E-state index contributed by atoms with van der Waals surface area (Å²) in [6, 6.07) is 0. The molecule has 0 atom stereocenters. The molecule has 0 fully saturated rings. The largest absolute Gasteiger partial charge is 0.481 e. The minimum atomic E-state index is -0.745. The van der Waals surface area contributed by atoms with Crippen LogP contribution in [0.25, 0.3) is 0 Å². The van der Waals surface area contributed by atoms with E-state index in [0.29, 0.717) is 6.42 Å². The van der Waals surface area contributed by atoms with Gasteiger partial charge in [0.25, 0.3) is 0 Å². The number of aliphatic carboxylic acids is 1. The molecule has 0 aliphatic heterocycles. The van der Waals surface area contributed by atoms with Gasteiger partial charge in [-0.15, -0.1) is 0 Å². The molecule has 0 aliphatic rings. The first-order chi connectivity index (χ1) is 7.94. The Labute approximate surface area is 121 Å². The van der Waals surface area contributed by atoms with E-state index in [9.17, 15) is 9.59 Å². The van der Waals surface area contributed by atoms with Gasteiger partial charge in [-0.2, -0.15) is 0 Å². The molecule has 0 saturated carbocycles. The summed E-state index contributed by atoms with van der Waals surface area (Å²) in [4.78, 5) is 22.1. The third kappa shape index (κ3) is 31.6. The number of nitrogens with zero attached hydrogens (tertiary/aromatic N) is 1. The first-order valence-electron chi connectivity index (χ1n) is 6.44. The molecule has 0 aromatic carbocycles. The molecule has 1 N–H and O–H groups in total. The second kappa shape index (κ2) is 25.7. The molecule has 19 heavy (non-hydrogen) atoms. The van der Waals surface area contributed by atoms with E-state index in [4.69, 9.17) is 5.11 Å². The number of hydrogen-bond acceptors (Lipinski definition) is 2. The van der Waals surface area contributed by atoms with E-state index in [1.165, 1.54) is 6.42 Å². The second-order valence-corrected chi connectivity index (χ2v) is 3.37. The highest BCUT2D eigenvalue weighted by Crippen LogP contribution is 1.91. The molecule has 0 aromatic heterocycles. The average Bonchev–Trinajstić information content (AvgIpc) is 2.32. The number of hydrogen-bond donors (Lipinski definition) is 1. The van der Waals surface area contributed by atoms with Crippen molar-refractivity contribution in [1.29, 1.82) is 0 Å². The van der Waals surface area contributed by atoms with E-state index in [1.807, 2.05) is 25.7 Å². The molecule has 0 saturated heterocycles. The zero-order chi connectivity index (χ0) is 14.3. The predicted molar refractivity (Wildman–Crippen MR) is 85.6 cm³/mol. The first kappa shape index (κ1) is 30.7. The fraction of sp³-hybridized carbons (Fsp3) is 0.867. The van der Waals surface area contributed by atoms with Crippen LogP contribution in [0.15, 0.2) is 0 Å². The highest BCUT2D eigenvalue weighted by atomic mass is 16.4. The third-order valence-electron chi connectivity index (χ3n) is 1.72. The highest BCUT2D eigenvalue weighted by molar-refractivity contribution is 5.75. The van der Waals surface area contributed by atoms with Gasteiger partial charge >= 0.3 is 5.97 Å². The molecule has 120 valence electrons. The number of rotatable bonds is 4. The number of carbonyl (C=O) groups is 2. The molecule has 0 spiro atoms. The molecule has 0 unspecified atom stereocenters. The fourth-order valence-electron chi connectivity index (χ4n) is 0.800. The van der Waals surface area contributed by atoms with Crippen molar-refractivity contribution >= 4 is 11.9 Å². The Morgan fingerprint density at radius 3 is 1.16 bits per heavy atom.